The van der Waals surface area contributed by atoms with Crippen molar-refractivity contribution in [3.05, 3.63) is 40.4 Å². The number of aromatic nitrogens is 1. The average Bonchev–Trinajstić information content (AvgIpc) is 2.39. The van der Waals surface area contributed by atoms with E-state index < -0.39 is 0 Å². The number of fused-ring (bicyclic) bond motifs is 1. The molecule has 0 atom stereocenters. The fourth-order valence-electron chi connectivity index (χ4n) is 2.21. The van der Waals surface area contributed by atoms with Crippen LogP contribution in [0.4, 0.5) is 10.1 Å². The van der Waals surface area contributed by atoms with Crippen molar-refractivity contribution in [2.45, 2.75) is 0 Å². The topological polar surface area (TPSA) is 45.3 Å². The molecule has 18 heavy (non-hydrogen) atoms. The number of morpholine rings is 1. The Kier molecular flexibility index (Phi) is 2.76. The van der Waals surface area contributed by atoms with E-state index in [1.807, 2.05) is 4.90 Å². The van der Waals surface area contributed by atoms with Crippen LogP contribution in [0.2, 0.25) is 0 Å². The van der Waals surface area contributed by atoms with Crippen molar-refractivity contribution in [2.24, 2.45) is 0 Å². The van der Waals surface area contributed by atoms with Crippen molar-refractivity contribution in [3.63, 3.8) is 0 Å². The lowest BCUT2D eigenvalue weighted by Gasteiger charge is -2.29. The molecule has 2 heterocycles. The maximum atomic E-state index is 14.0. The molecule has 2 aromatic rings. The first-order valence-electron chi connectivity index (χ1n) is 5.89. The Morgan fingerprint density at radius 2 is 2.00 bits per heavy atom. The SMILES string of the molecule is O=c1ccc2cc(F)c(N3CCOCC3)cc2[nH]1. The first-order valence-corrected chi connectivity index (χ1v) is 5.89. The minimum absolute atomic E-state index is 0.179. The summed E-state index contributed by atoms with van der Waals surface area (Å²) in [5.74, 6) is -0.267. The van der Waals surface area contributed by atoms with Crippen LogP contribution in [-0.4, -0.2) is 31.3 Å². The molecular formula is C13H13FN2O2. The van der Waals surface area contributed by atoms with Crippen molar-refractivity contribution in [1.82, 2.24) is 4.98 Å². The number of pyridine rings is 1. The van der Waals surface area contributed by atoms with Crippen LogP contribution >= 0.6 is 0 Å². The molecule has 1 aromatic heterocycles. The van der Waals surface area contributed by atoms with Gasteiger partial charge in [0.1, 0.15) is 5.82 Å². The van der Waals surface area contributed by atoms with E-state index in [4.69, 9.17) is 4.74 Å². The predicted octanol–water partition coefficient (Wildman–Crippen LogP) is 1.50. The van der Waals surface area contributed by atoms with Gasteiger partial charge in [0.05, 0.1) is 24.4 Å². The van der Waals surface area contributed by atoms with Crippen LogP contribution in [0.5, 0.6) is 0 Å². The Balaban J connectivity index is 2.10. The highest BCUT2D eigenvalue weighted by atomic mass is 19.1. The third-order valence-electron chi connectivity index (χ3n) is 3.14. The number of hydrogen-bond acceptors (Lipinski definition) is 3. The maximum Gasteiger partial charge on any atom is 0.248 e. The summed E-state index contributed by atoms with van der Waals surface area (Å²) in [6.07, 6.45) is 0. The fourth-order valence-corrected chi connectivity index (χ4v) is 2.21. The molecule has 1 N–H and O–H groups in total. The zero-order valence-electron chi connectivity index (χ0n) is 9.78. The summed E-state index contributed by atoms with van der Waals surface area (Å²) in [4.78, 5) is 15.9. The van der Waals surface area contributed by atoms with Crippen LogP contribution in [0.25, 0.3) is 10.9 Å². The van der Waals surface area contributed by atoms with E-state index in [1.165, 1.54) is 12.1 Å². The Bertz CT molecular complexity index is 632. The second kappa shape index (κ2) is 4.42. The summed E-state index contributed by atoms with van der Waals surface area (Å²) < 4.78 is 19.3. The molecule has 3 rings (SSSR count). The summed E-state index contributed by atoms with van der Waals surface area (Å²) in [5, 5.41) is 0.698. The first-order chi connectivity index (χ1) is 8.74. The molecule has 1 aliphatic rings. The van der Waals surface area contributed by atoms with Gasteiger partial charge in [-0.3, -0.25) is 4.79 Å². The summed E-state index contributed by atoms with van der Waals surface area (Å²) in [5.41, 5.74) is 1.00. The van der Waals surface area contributed by atoms with Crippen molar-refractivity contribution >= 4 is 16.6 Å². The van der Waals surface area contributed by atoms with Crippen molar-refractivity contribution in [2.75, 3.05) is 31.2 Å². The Morgan fingerprint density at radius 3 is 2.78 bits per heavy atom. The average molecular weight is 248 g/mol. The van der Waals surface area contributed by atoms with E-state index in [-0.39, 0.29) is 11.4 Å². The standard InChI is InChI=1S/C13H13FN2O2/c14-10-7-9-1-2-13(17)15-11(9)8-12(10)16-3-5-18-6-4-16/h1-2,7-8H,3-6H2,(H,15,17). The van der Waals surface area contributed by atoms with Gasteiger partial charge in [0.2, 0.25) is 5.56 Å². The molecule has 94 valence electrons. The van der Waals surface area contributed by atoms with E-state index in [0.717, 1.165) is 0 Å². The number of ether oxygens (including phenoxy) is 1. The lowest BCUT2D eigenvalue weighted by Crippen LogP contribution is -2.36. The second-order valence-electron chi connectivity index (χ2n) is 4.31. The normalized spacial score (nSPS) is 16.2. The number of aromatic amines is 1. The molecule has 0 aliphatic carbocycles. The zero-order chi connectivity index (χ0) is 12.5. The quantitative estimate of drug-likeness (QED) is 0.832. The number of benzene rings is 1. The van der Waals surface area contributed by atoms with Crippen molar-refractivity contribution < 1.29 is 9.13 Å². The number of nitrogens with zero attached hydrogens (tertiary/aromatic N) is 1. The van der Waals surface area contributed by atoms with E-state index in [1.54, 1.807) is 12.1 Å². The Hall–Kier alpha value is -1.88. The monoisotopic (exact) mass is 248 g/mol. The Labute approximate surface area is 103 Å². The molecule has 1 saturated heterocycles. The molecule has 1 aliphatic heterocycles. The number of nitrogens with one attached hydrogen (secondary N) is 1. The van der Waals surface area contributed by atoms with Crippen LogP contribution < -0.4 is 10.5 Å². The van der Waals surface area contributed by atoms with E-state index in [2.05, 4.69) is 4.98 Å². The first kappa shape index (κ1) is 11.2. The smallest absolute Gasteiger partial charge is 0.248 e. The molecule has 0 spiro atoms. The van der Waals surface area contributed by atoms with Gasteiger partial charge in [0, 0.05) is 24.5 Å². The van der Waals surface area contributed by atoms with Gasteiger partial charge in [0.25, 0.3) is 0 Å². The lowest BCUT2D eigenvalue weighted by molar-refractivity contribution is 0.122. The molecule has 1 aromatic carbocycles. The maximum absolute atomic E-state index is 14.0. The minimum Gasteiger partial charge on any atom is -0.378 e. The van der Waals surface area contributed by atoms with Gasteiger partial charge in [-0.1, -0.05) is 0 Å². The summed E-state index contributed by atoms with van der Waals surface area (Å²) in [7, 11) is 0. The zero-order valence-corrected chi connectivity index (χ0v) is 9.78. The van der Waals surface area contributed by atoms with Crippen LogP contribution in [0.1, 0.15) is 0 Å². The molecule has 0 amide bonds. The lowest BCUT2D eigenvalue weighted by atomic mass is 10.1. The van der Waals surface area contributed by atoms with Crippen molar-refractivity contribution in [3.8, 4) is 0 Å². The molecule has 0 bridgehead atoms. The fraction of sp³-hybridized carbons (Fsp3) is 0.308. The van der Waals surface area contributed by atoms with Gasteiger partial charge in [-0.2, -0.15) is 0 Å². The predicted molar refractivity (Wildman–Crippen MR) is 67.6 cm³/mol. The van der Waals surface area contributed by atoms with E-state index in [9.17, 15) is 9.18 Å². The number of hydrogen-bond donors (Lipinski definition) is 1. The highest BCUT2D eigenvalue weighted by molar-refractivity contribution is 5.82. The van der Waals surface area contributed by atoms with Gasteiger partial charge in [-0.25, -0.2) is 4.39 Å². The molecule has 4 nitrogen and oxygen atoms in total. The summed E-state index contributed by atoms with van der Waals surface area (Å²) in [6, 6.07) is 6.17. The second-order valence-corrected chi connectivity index (χ2v) is 4.31. The van der Waals surface area contributed by atoms with Crippen molar-refractivity contribution in [1.29, 1.82) is 0 Å². The number of anilines is 1. The molecule has 0 saturated carbocycles. The van der Waals surface area contributed by atoms with Gasteiger partial charge in [-0.05, 0) is 18.2 Å². The van der Waals surface area contributed by atoms with Gasteiger partial charge in [-0.15, -0.1) is 0 Å². The Morgan fingerprint density at radius 1 is 1.22 bits per heavy atom. The molecule has 1 fully saturated rings. The number of rotatable bonds is 1. The number of H-pyrrole nitrogens is 1. The third-order valence-corrected chi connectivity index (χ3v) is 3.14. The highest BCUT2D eigenvalue weighted by Crippen LogP contribution is 2.24. The van der Waals surface area contributed by atoms with Crippen LogP contribution in [0, 0.1) is 5.82 Å². The van der Waals surface area contributed by atoms with Crippen LogP contribution in [0.15, 0.2) is 29.1 Å². The van der Waals surface area contributed by atoms with Crippen LogP contribution in [-0.2, 0) is 4.74 Å². The van der Waals surface area contributed by atoms with E-state index >= 15 is 0 Å². The van der Waals surface area contributed by atoms with Gasteiger partial charge >= 0.3 is 0 Å². The summed E-state index contributed by atoms with van der Waals surface area (Å²) >= 11 is 0. The highest BCUT2D eigenvalue weighted by Gasteiger charge is 2.15. The number of halogens is 1. The summed E-state index contributed by atoms with van der Waals surface area (Å²) in [6.45, 7) is 2.53. The third kappa shape index (κ3) is 1.97. The largest absolute Gasteiger partial charge is 0.378 e. The molecule has 0 unspecified atom stereocenters. The van der Waals surface area contributed by atoms with Crippen LogP contribution in [0.3, 0.4) is 0 Å². The van der Waals surface area contributed by atoms with E-state index in [0.29, 0.717) is 42.9 Å². The molecular weight excluding hydrogens is 235 g/mol. The van der Waals surface area contributed by atoms with Gasteiger partial charge in [0.15, 0.2) is 0 Å². The molecule has 5 heteroatoms. The minimum atomic E-state index is -0.267. The molecule has 0 radical (unpaired) electrons. The van der Waals surface area contributed by atoms with Gasteiger partial charge < -0.3 is 14.6 Å².